The number of nitrogens with one attached hydrogen (secondary N) is 1. The number of nitrogens with two attached hydrogens (primary N) is 1. The molecule has 186 valence electrons. The van der Waals surface area contributed by atoms with Crippen molar-refractivity contribution < 1.29 is 22.6 Å². The minimum atomic E-state index is -4.19. The first kappa shape index (κ1) is 25.8. The van der Waals surface area contributed by atoms with Crippen molar-refractivity contribution in [3.63, 3.8) is 0 Å². The van der Waals surface area contributed by atoms with E-state index in [4.69, 9.17) is 15.2 Å². The molecular weight excluding hydrogens is 451 g/mol. The molecule has 0 aliphatic heterocycles. The topological polar surface area (TPSA) is 112 Å². The second-order valence-corrected chi connectivity index (χ2v) is 7.87. The third kappa shape index (κ3) is 7.61. The van der Waals surface area contributed by atoms with Crippen LogP contribution in [0.4, 0.5) is 13.2 Å². The number of hydrogen-bond acceptors (Lipinski definition) is 8. The Morgan fingerprint density at radius 1 is 1.18 bits per heavy atom. The van der Waals surface area contributed by atoms with E-state index in [-0.39, 0.29) is 32.3 Å². The molecule has 0 aromatic carbocycles. The Kier molecular flexibility index (Phi) is 9.13. The first-order valence-electron chi connectivity index (χ1n) is 11.2. The number of fused-ring (bicyclic) bond motifs is 1. The van der Waals surface area contributed by atoms with Crippen LogP contribution in [-0.2, 0) is 4.74 Å². The smallest absolute Gasteiger partial charge is 0.389 e. The molecular formula is C22H30F3N7O2. The van der Waals surface area contributed by atoms with Gasteiger partial charge >= 0.3 is 6.18 Å². The Bertz CT molecular complexity index is 1040. The molecule has 3 rings (SSSR count). The molecule has 0 aliphatic rings. The van der Waals surface area contributed by atoms with E-state index in [1.54, 1.807) is 16.9 Å². The molecule has 0 fully saturated rings. The number of alkyl halides is 3. The van der Waals surface area contributed by atoms with Crippen LogP contribution in [0.25, 0.3) is 16.9 Å². The normalized spacial score (nSPS) is 13.8. The van der Waals surface area contributed by atoms with Crippen molar-refractivity contribution in [3.8, 4) is 17.1 Å². The molecule has 0 saturated carbocycles. The Labute approximate surface area is 195 Å². The molecule has 0 bridgehead atoms. The molecule has 1 unspecified atom stereocenters. The van der Waals surface area contributed by atoms with Crippen molar-refractivity contribution in [1.82, 2.24) is 29.9 Å². The maximum Gasteiger partial charge on any atom is 0.389 e. The Morgan fingerprint density at radius 2 is 2.00 bits per heavy atom. The largest absolute Gasteiger partial charge is 0.473 e. The summed E-state index contributed by atoms with van der Waals surface area (Å²) in [6.45, 7) is 5.58. The van der Waals surface area contributed by atoms with Crippen molar-refractivity contribution >= 4 is 5.65 Å². The van der Waals surface area contributed by atoms with Crippen molar-refractivity contribution in [3.05, 3.63) is 36.5 Å². The van der Waals surface area contributed by atoms with Crippen molar-refractivity contribution in [2.24, 2.45) is 5.73 Å². The summed E-state index contributed by atoms with van der Waals surface area (Å²) in [4.78, 5) is 13.2. The zero-order chi connectivity index (χ0) is 24.6. The zero-order valence-corrected chi connectivity index (χ0v) is 19.3. The number of rotatable bonds is 13. The summed E-state index contributed by atoms with van der Waals surface area (Å²) in [6.07, 6.45) is 0.0646. The molecule has 0 radical (unpaired) electrons. The molecule has 3 aromatic heterocycles. The highest BCUT2D eigenvalue weighted by Gasteiger charge is 2.27. The van der Waals surface area contributed by atoms with Gasteiger partial charge in [-0.1, -0.05) is 6.92 Å². The van der Waals surface area contributed by atoms with E-state index in [2.05, 4.69) is 25.4 Å². The van der Waals surface area contributed by atoms with Gasteiger partial charge in [-0.05, 0) is 38.4 Å². The predicted molar refractivity (Wildman–Crippen MR) is 120 cm³/mol. The Balaban J connectivity index is 1.57. The summed E-state index contributed by atoms with van der Waals surface area (Å²) in [5, 5.41) is 7.53. The van der Waals surface area contributed by atoms with E-state index in [9.17, 15) is 13.2 Å². The van der Waals surface area contributed by atoms with Crippen LogP contribution in [0, 0.1) is 0 Å². The summed E-state index contributed by atoms with van der Waals surface area (Å²) in [5.74, 6) is 0.304. The fourth-order valence-corrected chi connectivity index (χ4v) is 3.32. The number of nitrogens with zero attached hydrogens (tertiary/aromatic N) is 5. The van der Waals surface area contributed by atoms with Crippen molar-refractivity contribution in [1.29, 1.82) is 0 Å². The van der Waals surface area contributed by atoms with Gasteiger partial charge in [0.25, 0.3) is 5.88 Å². The number of hydrogen-bond donors (Lipinski definition) is 2. The predicted octanol–water partition coefficient (Wildman–Crippen LogP) is 3.31. The lowest BCUT2D eigenvalue weighted by Gasteiger charge is -2.14. The van der Waals surface area contributed by atoms with Gasteiger partial charge in [-0.15, -0.1) is 0 Å². The number of ether oxygens (including phenoxy) is 2. The second-order valence-electron chi connectivity index (χ2n) is 7.87. The average molecular weight is 482 g/mol. The summed E-state index contributed by atoms with van der Waals surface area (Å²) in [7, 11) is 0. The van der Waals surface area contributed by atoms with E-state index in [0.29, 0.717) is 23.6 Å². The lowest BCUT2D eigenvalue weighted by molar-refractivity contribution is -0.136. The van der Waals surface area contributed by atoms with Crippen LogP contribution < -0.4 is 15.8 Å². The quantitative estimate of drug-likeness (QED) is 0.358. The zero-order valence-electron chi connectivity index (χ0n) is 19.3. The monoisotopic (exact) mass is 481 g/mol. The van der Waals surface area contributed by atoms with Gasteiger partial charge in [0.1, 0.15) is 12.9 Å². The first-order valence-corrected chi connectivity index (χ1v) is 11.2. The third-order valence-electron chi connectivity index (χ3n) is 5.16. The minimum Gasteiger partial charge on any atom is -0.473 e. The molecule has 0 spiro atoms. The molecule has 12 heteroatoms. The second kappa shape index (κ2) is 12.0. The van der Waals surface area contributed by atoms with E-state index >= 15 is 0 Å². The van der Waals surface area contributed by atoms with Crippen molar-refractivity contribution in [2.75, 3.05) is 26.4 Å². The van der Waals surface area contributed by atoms with Crippen LogP contribution in [0.3, 0.4) is 0 Å². The molecule has 9 nitrogen and oxygen atoms in total. The Morgan fingerprint density at radius 3 is 2.76 bits per heavy atom. The number of halogens is 3. The summed E-state index contributed by atoms with van der Waals surface area (Å²) in [6, 6.07) is 3.36. The van der Waals surface area contributed by atoms with E-state index in [0.717, 1.165) is 17.8 Å². The number of pyridine rings is 1. The van der Waals surface area contributed by atoms with Gasteiger partial charge in [0.05, 0.1) is 24.2 Å². The van der Waals surface area contributed by atoms with Crippen LogP contribution in [0.5, 0.6) is 5.88 Å². The van der Waals surface area contributed by atoms with E-state index < -0.39 is 18.6 Å². The standard InChI is InChI=1S/C22H30F3N7O2/c1-3-27-15(2)18-12-16(5-8-28-18)19-13-32-20(29-14-30-32)21(31-19)34-11-10-33-9-6-17(26)4-7-22(23,24)25/h5,8,12-15,17,27H,3-4,6-7,9-11,26H2,1-2H3/t15-,17?/m1/s1. The first-order chi connectivity index (χ1) is 16.3. The molecule has 0 saturated heterocycles. The highest BCUT2D eigenvalue weighted by Crippen LogP contribution is 2.25. The fraction of sp³-hybridized carbons (Fsp3) is 0.545. The molecule has 0 aliphatic carbocycles. The van der Waals surface area contributed by atoms with Gasteiger partial charge in [0.15, 0.2) is 0 Å². The van der Waals surface area contributed by atoms with E-state index in [1.165, 1.54) is 6.33 Å². The van der Waals surface area contributed by atoms with Crippen molar-refractivity contribution in [2.45, 2.75) is 51.4 Å². The molecule has 34 heavy (non-hydrogen) atoms. The number of aromatic nitrogens is 5. The van der Waals surface area contributed by atoms with Gasteiger partial charge in [-0.25, -0.2) is 14.5 Å². The van der Waals surface area contributed by atoms with Gasteiger partial charge in [-0.2, -0.15) is 18.3 Å². The van der Waals surface area contributed by atoms with Crippen LogP contribution in [0.1, 0.15) is 44.8 Å². The molecule has 3 aromatic rings. The summed E-state index contributed by atoms with van der Waals surface area (Å²) < 4.78 is 49.6. The summed E-state index contributed by atoms with van der Waals surface area (Å²) in [5.41, 5.74) is 8.58. The van der Waals surface area contributed by atoms with Crippen LogP contribution in [-0.4, -0.2) is 63.1 Å². The third-order valence-corrected chi connectivity index (χ3v) is 5.16. The molecule has 0 amide bonds. The van der Waals surface area contributed by atoms with Crippen LogP contribution in [0.15, 0.2) is 30.9 Å². The van der Waals surface area contributed by atoms with Crippen LogP contribution in [0.2, 0.25) is 0 Å². The lowest BCUT2D eigenvalue weighted by atomic mass is 10.1. The van der Waals surface area contributed by atoms with Crippen LogP contribution >= 0.6 is 0 Å². The average Bonchev–Trinajstić information content (AvgIpc) is 3.28. The summed E-state index contributed by atoms with van der Waals surface area (Å²) >= 11 is 0. The van der Waals surface area contributed by atoms with Gasteiger partial charge in [-0.3, -0.25) is 4.98 Å². The lowest BCUT2D eigenvalue weighted by Crippen LogP contribution is -2.25. The maximum absolute atomic E-state index is 12.3. The SMILES string of the molecule is CCN[C@H](C)c1cc(-c2cn3ncnc3c(OCCOCCC(N)CCC(F)(F)F)n2)ccn1. The minimum absolute atomic E-state index is 0.0921. The maximum atomic E-state index is 12.3. The molecule has 2 atom stereocenters. The fourth-order valence-electron chi connectivity index (χ4n) is 3.32. The van der Waals surface area contributed by atoms with Gasteiger partial charge in [0.2, 0.25) is 5.65 Å². The Hall–Kier alpha value is -2.83. The molecule has 3 heterocycles. The van der Waals surface area contributed by atoms with Gasteiger partial charge < -0.3 is 20.5 Å². The van der Waals surface area contributed by atoms with Gasteiger partial charge in [0, 0.05) is 36.9 Å². The highest BCUT2D eigenvalue weighted by atomic mass is 19.4. The van der Waals surface area contributed by atoms with E-state index in [1.807, 2.05) is 26.0 Å². The molecule has 3 N–H and O–H groups in total. The highest BCUT2D eigenvalue weighted by molar-refractivity contribution is 5.62.